The van der Waals surface area contributed by atoms with Crippen LogP contribution in [0.25, 0.3) is 10.6 Å². The van der Waals surface area contributed by atoms with Crippen molar-refractivity contribution in [1.82, 2.24) is 19.9 Å². The van der Waals surface area contributed by atoms with Crippen LogP contribution in [0.1, 0.15) is 22.6 Å². The van der Waals surface area contributed by atoms with E-state index >= 15 is 0 Å². The summed E-state index contributed by atoms with van der Waals surface area (Å²) in [5.74, 6) is 0.305. The van der Waals surface area contributed by atoms with Gasteiger partial charge in [0.1, 0.15) is 5.01 Å². The number of pyridine rings is 2. The molecule has 0 radical (unpaired) electrons. The highest BCUT2D eigenvalue weighted by molar-refractivity contribution is 7.15. The molecular weight excluding hydrogens is 356 g/mol. The number of aromatic nitrogens is 3. The highest BCUT2D eigenvalue weighted by Crippen LogP contribution is 2.35. The third-order valence-corrected chi connectivity index (χ3v) is 6.25. The van der Waals surface area contributed by atoms with Gasteiger partial charge in [0, 0.05) is 54.7 Å². The quantitative estimate of drug-likeness (QED) is 0.683. The lowest BCUT2D eigenvalue weighted by Gasteiger charge is -2.26. The first kappa shape index (κ1) is 17.8. The third-order valence-electron chi connectivity index (χ3n) is 5.08. The Labute approximate surface area is 163 Å². The molecule has 1 aliphatic carbocycles. The Morgan fingerprint density at radius 1 is 1.15 bits per heavy atom. The number of carbonyl (C=O) groups is 1. The zero-order chi connectivity index (χ0) is 18.6. The van der Waals surface area contributed by atoms with Crippen LogP contribution in [0, 0.1) is 5.92 Å². The lowest BCUT2D eigenvalue weighted by atomic mass is 9.90. The standard InChI is InChI=1S/C21H22N4OS/c1-25(13-8-15-4-9-22-10-5-15)21(26)17-2-3-18-19(14-17)27-20(24-18)16-6-11-23-12-7-16/h4-7,9-12,17H,2-3,8,13-14H2,1H3. The number of fused-ring (bicyclic) bond motifs is 1. The molecule has 3 heterocycles. The minimum absolute atomic E-state index is 0.0608. The molecule has 27 heavy (non-hydrogen) atoms. The molecule has 0 saturated heterocycles. The molecule has 0 bridgehead atoms. The molecule has 3 aromatic rings. The number of nitrogens with zero attached hydrogens (tertiary/aromatic N) is 4. The van der Waals surface area contributed by atoms with Crippen LogP contribution >= 0.6 is 11.3 Å². The summed E-state index contributed by atoms with van der Waals surface area (Å²) in [5, 5.41) is 1.03. The van der Waals surface area contributed by atoms with Crippen molar-refractivity contribution in [3.63, 3.8) is 0 Å². The number of thiazole rings is 1. The summed E-state index contributed by atoms with van der Waals surface area (Å²) in [5.41, 5.74) is 3.47. The topological polar surface area (TPSA) is 59.0 Å². The van der Waals surface area contributed by atoms with Crippen LogP contribution in [0.2, 0.25) is 0 Å². The van der Waals surface area contributed by atoms with Gasteiger partial charge in [0.15, 0.2) is 0 Å². The van der Waals surface area contributed by atoms with Crippen molar-refractivity contribution >= 4 is 17.2 Å². The van der Waals surface area contributed by atoms with Gasteiger partial charge in [-0.3, -0.25) is 14.8 Å². The molecule has 3 aromatic heterocycles. The van der Waals surface area contributed by atoms with Crippen molar-refractivity contribution in [3.05, 3.63) is 65.2 Å². The zero-order valence-corrected chi connectivity index (χ0v) is 16.2. The van der Waals surface area contributed by atoms with Gasteiger partial charge in [-0.2, -0.15) is 0 Å². The van der Waals surface area contributed by atoms with E-state index in [1.807, 2.05) is 36.2 Å². The maximum atomic E-state index is 12.9. The largest absolute Gasteiger partial charge is 0.345 e. The van der Waals surface area contributed by atoms with Gasteiger partial charge in [-0.15, -0.1) is 11.3 Å². The van der Waals surface area contributed by atoms with Gasteiger partial charge in [0.2, 0.25) is 5.91 Å². The molecule has 0 saturated carbocycles. The summed E-state index contributed by atoms with van der Waals surface area (Å²) in [7, 11) is 1.91. The first-order valence-corrected chi connectivity index (χ1v) is 10.0. The smallest absolute Gasteiger partial charge is 0.225 e. The minimum atomic E-state index is 0.0608. The number of hydrogen-bond acceptors (Lipinski definition) is 5. The average Bonchev–Trinajstić information content (AvgIpc) is 3.16. The summed E-state index contributed by atoms with van der Waals surface area (Å²) in [6.07, 6.45) is 10.6. The van der Waals surface area contributed by atoms with Gasteiger partial charge in [-0.1, -0.05) is 0 Å². The summed E-state index contributed by atoms with van der Waals surface area (Å²) in [6.45, 7) is 0.733. The Morgan fingerprint density at radius 2 is 1.85 bits per heavy atom. The molecule has 0 aromatic carbocycles. The van der Waals surface area contributed by atoms with Gasteiger partial charge in [0.25, 0.3) is 0 Å². The predicted octanol–water partition coefficient (Wildman–Crippen LogP) is 3.41. The molecule has 5 nitrogen and oxygen atoms in total. The molecule has 1 unspecified atom stereocenters. The number of aryl methyl sites for hydroxylation is 1. The summed E-state index contributed by atoms with van der Waals surface area (Å²) in [4.78, 5) is 28.9. The third kappa shape index (κ3) is 4.06. The van der Waals surface area contributed by atoms with Gasteiger partial charge in [-0.05, 0) is 55.5 Å². The predicted molar refractivity (Wildman–Crippen MR) is 106 cm³/mol. The van der Waals surface area contributed by atoms with Crippen LogP contribution in [-0.2, 0) is 24.1 Å². The van der Waals surface area contributed by atoms with E-state index in [2.05, 4.69) is 9.97 Å². The first-order valence-electron chi connectivity index (χ1n) is 9.23. The maximum absolute atomic E-state index is 12.9. The Kier molecular flexibility index (Phi) is 5.25. The Balaban J connectivity index is 1.40. The highest BCUT2D eigenvalue weighted by Gasteiger charge is 2.29. The van der Waals surface area contributed by atoms with Crippen molar-refractivity contribution in [1.29, 1.82) is 0 Å². The Bertz CT molecular complexity index is 910. The monoisotopic (exact) mass is 378 g/mol. The number of hydrogen-bond donors (Lipinski definition) is 0. The van der Waals surface area contributed by atoms with Crippen molar-refractivity contribution in [2.75, 3.05) is 13.6 Å². The number of amides is 1. The number of rotatable bonds is 5. The maximum Gasteiger partial charge on any atom is 0.225 e. The van der Waals surface area contributed by atoms with Gasteiger partial charge < -0.3 is 4.90 Å². The van der Waals surface area contributed by atoms with E-state index in [0.29, 0.717) is 0 Å². The highest BCUT2D eigenvalue weighted by atomic mass is 32.1. The van der Waals surface area contributed by atoms with E-state index in [1.165, 1.54) is 10.4 Å². The zero-order valence-electron chi connectivity index (χ0n) is 15.3. The summed E-state index contributed by atoms with van der Waals surface area (Å²) in [6, 6.07) is 7.98. The molecule has 138 valence electrons. The van der Waals surface area contributed by atoms with Crippen molar-refractivity contribution in [2.24, 2.45) is 5.92 Å². The molecule has 0 aliphatic heterocycles. The van der Waals surface area contributed by atoms with Crippen molar-refractivity contribution in [3.8, 4) is 10.6 Å². The van der Waals surface area contributed by atoms with Gasteiger partial charge in [0.05, 0.1) is 5.69 Å². The van der Waals surface area contributed by atoms with Crippen LogP contribution in [0.15, 0.2) is 49.1 Å². The minimum Gasteiger partial charge on any atom is -0.345 e. The van der Waals surface area contributed by atoms with Crippen molar-refractivity contribution < 1.29 is 4.79 Å². The Morgan fingerprint density at radius 3 is 2.59 bits per heavy atom. The molecule has 6 heteroatoms. The summed E-state index contributed by atoms with van der Waals surface area (Å²) >= 11 is 1.71. The van der Waals surface area contributed by atoms with Crippen LogP contribution in [0.5, 0.6) is 0 Å². The SMILES string of the molecule is CN(CCc1ccncc1)C(=O)C1CCc2nc(-c3ccncc3)sc2C1. The molecule has 1 aliphatic rings. The van der Waals surface area contributed by atoms with Crippen molar-refractivity contribution in [2.45, 2.75) is 25.7 Å². The van der Waals surface area contributed by atoms with Crippen LogP contribution in [0.4, 0.5) is 0 Å². The average molecular weight is 379 g/mol. The molecule has 1 atom stereocenters. The molecular formula is C21H22N4OS. The molecule has 1 amide bonds. The second-order valence-electron chi connectivity index (χ2n) is 6.93. The molecule has 4 rings (SSSR count). The second-order valence-corrected chi connectivity index (χ2v) is 8.01. The van der Waals surface area contributed by atoms with E-state index in [4.69, 9.17) is 4.98 Å². The fourth-order valence-electron chi connectivity index (χ4n) is 3.47. The van der Waals surface area contributed by atoms with E-state index in [0.717, 1.165) is 48.5 Å². The molecule has 0 N–H and O–H groups in total. The van der Waals surface area contributed by atoms with Crippen LogP contribution < -0.4 is 0 Å². The van der Waals surface area contributed by atoms with Gasteiger partial charge >= 0.3 is 0 Å². The Hall–Kier alpha value is -2.60. The van der Waals surface area contributed by atoms with E-state index in [1.54, 1.807) is 36.1 Å². The van der Waals surface area contributed by atoms with E-state index < -0.39 is 0 Å². The fraction of sp³-hybridized carbons (Fsp3) is 0.333. The summed E-state index contributed by atoms with van der Waals surface area (Å²) < 4.78 is 0. The lowest BCUT2D eigenvalue weighted by Crippen LogP contribution is -2.36. The van der Waals surface area contributed by atoms with E-state index in [-0.39, 0.29) is 11.8 Å². The lowest BCUT2D eigenvalue weighted by molar-refractivity contribution is -0.134. The number of likely N-dealkylation sites (N-methyl/N-ethyl adjacent to an activating group) is 1. The number of carbonyl (C=O) groups excluding carboxylic acids is 1. The van der Waals surface area contributed by atoms with Crippen LogP contribution in [-0.4, -0.2) is 39.4 Å². The van der Waals surface area contributed by atoms with Crippen LogP contribution in [0.3, 0.4) is 0 Å². The normalized spacial score (nSPS) is 16.0. The second kappa shape index (κ2) is 7.96. The molecule has 0 fully saturated rings. The first-order chi connectivity index (χ1) is 13.2. The molecule has 0 spiro atoms. The fourth-order valence-corrected chi connectivity index (χ4v) is 4.67. The van der Waals surface area contributed by atoms with E-state index in [9.17, 15) is 4.79 Å². The van der Waals surface area contributed by atoms with Gasteiger partial charge in [-0.25, -0.2) is 4.98 Å².